The highest BCUT2D eigenvalue weighted by Gasteiger charge is 2.07. The van der Waals surface area contributed by atoms with E-state index in [0.29, 0.717) is 12.4 Å². The molecule has 0 bridgehead atoms. The predicted octanol–water partition coefficient (Wildman–Crippen LogP) is 3.29. The van der Waals surface area contributed by atoms with Crippen LogP contribution in [0.1, 0.15) is 11.3 Å². The molecule has 2 aromatic rings. The Morgan fingerprint density at radius 2 is 1.70 bits per heavy atom. The van der Waals surface area contributed by atoms with Crippen molar-refractivity contribution in [2.75, 3.05) is 34.7 Å². The number of hydrogen-bond acceptors (Lipinski definition) is 3. The predicted molar refractivity (Wildman–Crippen MR) is 105 cm³/mol. The van der Waals surface area contributed by atoms with Crippen LogP contribution >= 0.6 is 24.0 Å². The number of oxazole rings is 1. The van der Waals surface area contributed by atoms with Gasteiger partial charge < -0.3 is 14.2 Å². The highest BCUT2D eigenvalue weighted by atomic mass is 127. The number of aryl methyl sites for hydroxylation is 1. The van der Waals surface area contributed by atoms with Crippen molar-refractivity contribution in [3.63, 3.8) is 0 Å². The lowest BCUT2D eigenvalue weighted by Crippen LogP contribution is -2.35. The highest BCUT2D eigenvalue weighted by molar-refractivity contribution is 14.0. The molecule has 0 fully saturated rings. The van der Waals surface area contributed by atoms with Gasteiger partial charge in [0.15, 0.2) is 5.96 Å². The van der Waals surface area contributed by atoms with Crippen molar-refractivity contribution in [2.45, 2.75) is 13.3 Å². The Balaban J connectivity index is 0.00000264. The summed E-state index contributed by atoms with van der Waals surface area (Å²) in [6, 6.07) is 8.17. The Bertz CT molecular complexity index is 622. The average molecular weight is 428 g/mol. The Hall–Kier alpha value is -1.57. The monoisotopic (exact) mass is 428 g/mol. The Morgan fingerprint density at radius 1 is 1.09 bits per heavy atom. The van der Waals surface area contributed by atoms with Gasteiger partial charge in [-0.25, -0.2) is 4.98 Å². The highest BCUT2D eigenvalue weighted by Crippen LogP contribution is 2.19. The zero-order chi connectivity index (χ0) is 16.1. The van der Waals surface area contributed by atoms with E-state index in [1.165, 1.54) is 5.56 Å². The molecule has 23 heavy (non-hydrogen) atoms. The molecule has 5 nitrogen and oxygen atoms in total. The maximum absolute atomic E-state index is 5.56. The fourth-order valence-electron chi connectivity index (χ4n) is 2.20. The number of aromatic nitrogens is 1. The number of aliphatic imine (C=N–C) groups is 1. The van der Waals surface area contributed by atoms with E-state index in [-0.39, 0.29) is 24.0 Å². The second kappa shape index (κ2) is 8.90. The summed E-state index contributed by atoms with van der Waals surface area (Å²) in [4.78, 5) is 13.1. The molecule has 2 rings (SSSR count). The average Bonchev–Trinajstić information content (AvgIpc) is 2.92. The molecule has 6 heteroatoms. The van der Waals surface area contributed by atoms with Crippen molar-refractivity contribution in [2.24, 2.45) is 4.99 Å². The SMILES string of the molecule is Cc1ccc(-c2nc(CCN=C(N(C)C)N(C)C)co2)cc1.I. The quantitative estimate of drug-likeness (QED) is 0.426. The van der Waals surface area contributed by atoms with Crippen LogP contribution in [0.3, 0.4) is 0 Å². The van der Waals surface area contributed by atoms with Crippen LogP contribution < -0.4 is 0 Å². The van der Waals surface area contributed by atoms with Gasteiger partial charge in [0.05, 0.1) is 5.69 Å². The molecule has 1 aromatic heterocycles. The molecule has 1 heterocycles. The van der Waals surface area contributed by atoms with E-state index < -0.39 is 0 Å². The van der Waals surface area contributed by atoms with Crippen LogP contribution in [0.15, 0.2) is 39.9 Å². The molecule has 0 aliphatic heterocycles. The van der Waals surface area contributed by atoms with Gasteiger partial charge in [-0.15, -0.1) is 24.0 Å². The van der Waals surface area contributed by atoms with Gasteiger partial charge >= 0.3 is 0 Å². The van der Waals surface area contributed by atoms with E-state index in [4.69, 9.17) is 4.42 Å². The first kappa shape index (κ1) is 19.5. The van der Waals surface area contributed by atoms with Gasteiger partial charge in [-0.1, -0.05) is 17.7 Å². The van der Waals surface area contributed by atoms with Crippen molar-refractivity contribution in [3.05, 3.63) is 41.8 Å². The first-order valence-corrected chi connectivity index (χ1v) is 7.38. The third-order valence-electron chi connectivity index (χ3n) is 3.27. The van der Waals surface area contributed by atoms with E-state index >= 15 is 0 Å². The van der Waals surface area contributed by atoms with Gasteiger partial charge in [0, 0.05) is 46.7 Å². The summed E-state index contributed by atoms with van der Waals surface area (Å²) in [6.45, 7) is 2.75. The first-order chi connectivity index (χ1) is 10.5. The van der Waals surface area contributed by atoms with E-state index in [0.717, 1.165) is 23.6 Å². The van der Waals surface area contributed by atoms with Crippen LogP contribution in [0.2, 0.25) is 0 Å². The van der Waals surface area contributed by atoms with Gasteiger partial charge in [-0.2, -0.15) is 0 Å². The lowest BCUT2D eigenvalue weighted by atomic mass is 10.1. The smallest absolute Gasteiger partial charge is 0.226 e. The van der Waals surface area contributed by atoms with Crippen molar-refractivity contribution in [3.8, 4) is 11.5 Å². The lowest BCUT2D eigenvalue weighted by Gasteiger charge is -2.22. The molecule has 0 aliphatic carbocycles. The third-order valence-corrected chi connectivity index (χ3v) is 3.27. The van der Waals surface area contributed by atoms with Crippen LogP contribution in [0.5, 0.6) is 0 Å². The number of halogens is 1. The molecule has 0 N–H and O–H groups in total. The lowest BCUT2D eigenvalue weighted by molar-refractivity contribution is 0.479. The van der Waals surface area contributed by atoms with Crippen LogP contribution in [0, 0.1) is 6.92 Å². The fraction of sp³-hybridized carbons (Fsp3) is 0.412. The standard InChI is InChI=1S/C17H24N4O.HI/c1-13-6-8-14(9-7-13)16-19-15(12-22-16)10-11-18-17(20(2)3)21(4)5;/h6-9,12H,10-11H2,1-5H3;1H. The Morgan fingerprint density at radius 3 is 2.26 bits per heavy atom. The number of hydrogen-bond donors (Lipinski definition) is 0. The van der Waals surface area contributed by atoms with Crippen LogP contribution in [-0.2, 0) is 6.42 Å². The van der Waals surface area contributed by atoms with Crippen LogP contribution in [0.4, 0.5) is 0 Å². The van der Waals surface area contributed by atoms with Gasteiger partial charge in [0.25, 0.3) is 0 Å². The number of guanidine groups is 1. The summed E-state index contributed by atoms with van der Waals surface area (Å²) >= 11 is 0. The molecule has 0 saturated carbocycles. The van der Waals surface area contributed by atoms with Gasteiger partial charge in [-0.05, 0) is 19.1 Å². The Labute approximate surface area is 155 Å². The largest absolute Gasteiger partial charge is 0.444 e. The normalized spacial score (nSPS) is 9.96. The molecular formula is C17H25IN4O. The molecule has 1 aromatic carbocycles. The van der Waals surface area contributed by atoms with Crippen molar-refractivity contribution >= 4 is 29.9 Å². The molecule has 0 atom stereocenters. The summed E-state index contributed by atoms with van der Waals surface area (Å²) in [5.41, 5.74) is 3.16. The summed E-state index contributed by atoms with van der Waals surface area (Å²) in [7, 11) is 7.96. The molecular weight excluding hydrogens is 403 g/mol. The number of benzene rings is 1. The third kappa shape index (κ3) is 5.53. The molecule has 126 valence electrons. The van der Waals surface area contributed by atoms with Crippen molar-refractivity contribution < 1.29 is 4.42 Å². The molecule has 0 radical (unpaired) electrons. The summed E-state index contributed by atoms with van der Waals surface area (Å²) in [5.74, 6) is 1.61. The van der Waals surface area contributed by atoms with Crippen molar-refractivity contribution in [1.82, 2.24) is 14.8 Å². The first-order valence-electron chi connectivity index (χ1n) is 7.38. The minimum atomic E-state index is 0. The van der Waals surface area contributed by atoms with Gasteiger partial charge in [0.1, 0.15) is 6.26 Å². The summed E-state index contributed by atoms with van der Waals surface area (Å²) in [6.07, 6.45) is 2.48. The molecule has 0 amide bonds. The number of nitrogens with zero attached hydrogens (tertiary/aromatic N) is 4. The zero-order valence-electron chi connectivity index (χ0n) is 14.4. The second-order valence-electron chi connectivity index (χ2n) is 5.73. The topological polar surface area (TPSA) is 44.9 Å². The summed E-state index contributed by atoms with van der Waals surface area (Å²) in [5, 5.41) is 0. The molecule has 0 aliphatic rings. The second-order valence-corrected chi connectivity index (χ2v) is 5.73. The minimum absolute atomic E-state index is 0. The molecule has 0 spiro atoms. The van der Waals surface area contributed by atoms with E-state index in [2.05, 4.69) is 29.0 Å². The molecule has 0 saturated heterocycles. The Kier molecular flexibility index (Phi) is 7.54. The van der Waals surface area contributed by atoms with E-state index in [1.54, 1.807) is 6.26 Å². The zero-order valence-corrected chi connectivity index (χ0v) is 16.7. The molecule has 0 unspecified atom stereocenters. The minimum Gasteiger partial charge on any atom is -0.444 e. The van der Waals surface area contributed by atoms with E-state index in [1.807, 2.05) is 50.1 Å². The van der Waals surface area contributed by atoms with Crippen LogP contribution in [0.25, 0.3) is 11.5 Å². The van der Waals surface area contributed by atoms with Gasteiger partial charge in [0.2, 0.25) is 5.89 Å². The van der Waals surface area contributed by atoms with Crippen LogP contribution in [-0.4, -0.2) is 55.5 Å². The van der Waals surface area contributed by atoms with Crippen molar-refractivity contribution in [1.29, 1.82) is 0 Å². The fourth-order valence-corrected chi connectivity index (χ4v) is 2.20. The maximum Gasteiger partial charge on any atom is 0.226 e. The summed E-state index contributed by atoms with van der Waals surface area (Å²) < 4.78 is 5.56. The van der Waals surface area contributed by atoms with Gasteiger partial charge in [-0.3, -0.25) is 4.99 Å². The number of rotatable bonds is 4. The van der Waals surface area contributed by atoms with E-state index in [9.17, 15) is 0 Å². The maximum atomic E-state index is 5.56.